The van der Waals surface area contributed by atoms with E-state index in [2.05, 4.69) is 6.92 Å². The fourth-order valence-corrected chi connectivity index (χ4v) is 3.02. The summed E-state index contributed by atoms with van der Waals surface area (Å²) in [5, 5.41) is 0.942. The van der Waals surface area contributed by atoms with Gasteiger partial charge in [-0.2, -0.15) is 0 Å². The first-order valence-electron chi connectivity index (χ1n) is 6.82. The Kier molecular flexibility index (Phi) is 4.46. The zero-order valence-electron chi connectivity index (χ0n) is 12.9. The number of rotatable bonds is 2. The molecule has 2 aromatic carbocycles. The maximum atomic E-state index is 12.9. The Balaban J connectivity index is 2.73. The molecule has 2 rings (SSSR count). The van der Waals surface area contributed by atoms with Gasteiger partial charge in [-0.05, 0) is 80.6 Å². The van der Waals surface area contributed by atoms with Gasteiger partial charge in [-0.15, -0.1) is 0 Å². The van der Waals surface area contributed by atoms with Crippen LogP contribution >= 0.6 is 23.2 Å². The van der Waals surface area contributed by atoms with Gasteiger partial charge >= 0.3 is 0 Å². The van der Waals surface area contributed by atoms with Crippen molar-refractivity contribution in [1.82, 2.24) is 0 Å². The van der Waals surface area contributed by atoms with Crippen molar-refractivity contribution in [2.75, 3.05) is 0 Å². The molecule has 0 bridgehead atoms. The fourth-order valence-electron chi connectivity index (χ4n) is 2.65. The van der Waals surface area contributed by atoms with E-state index in [0.717, 1.165) is 27.8 Å². The van der Waals surface area contributed by atoms with Crippen molar-refractivity contribution >= 4 is 29.0 Å². The summed E-state index contributed by atoms with van der Waals surface area (Å²) >= 11 is 12.2. The minimum Gasteiger partial charge on any atom is -0.289 e. The number of carbonyl (C=O) groups is 1. The maximum Gasteiger partial charge on any atom is 0.195 e. The summed E-state index contributed by atoms with van der Waals surface area (Å²) in [7, 11) is 0. The monoisotopic (exact) mass is 320 g/mol. The number of halogens is 2. The Hall–Kier alpha value is -1.31. The van der Waals surface area contributed by atoms with E-state index in [9.17, 15) is 4.79 Å². The molecular formula is C18H18Cl2O. The highest BCUT2D eigenvalue weighted by atomic mass is 35.5. The molecule has 0 aliphatic rings. The van der Waals surface area contributed by atoms with Gasteiger partial charge in [-0.1, -0.05) is 23.2 Å². The van der Waals surface area contributed by atoms with E-state index < -0.39 is 0 Å². The fraction of sp³-hybridized carbons (Fsp3) is 0.278. The van der Waals surface area contributed by atoms with Crippen molar-refractivity contribution in [2.24, 2.45) is 0 Å². The lowest BCUT2D eigenvalue weighted by Crippen LogP contribution is -2.11. The zero-order valence-corrected chi connectivity index (χ0v) is 14.4. The largest absolute Gasteiger partial charge is 0.289 e. The van der Waals surface area contributed by atoms with Crippen LogP contribution in [0.5, 0.6) is 0 Å². The molecule has 0 aromatic heterocycles. The topological polar surface area (TPSA) is 17.1 Å². The number of hydrogen-bond acceptors (Lipinski definition) is 1. The molecule has 0 saturated carbocycles. The molecule has 0 N–H and O–H groups in total. The molecule has 0 radical (unpaired) electrons. The second-order valence-electron chi connectivity index (χ2n) is 5.45. The summed E-state index contributed by atoms with van der Waals surface area (Å²) in [6.45, 7) is 10.2. The minimum atomic E-state index is -0.0660. The summed E-state index contributed by atoms with van der Waals surface area (Å²) in [4.78, 5) is 12.9. The molecule has 0 heterocycles. The van der Waals surface area contributed by atoms with Crippen molar-refractivity contribution in [3.05, 3.63) is 67.2 Å². The lowest BCUT2D eigenvalue weighted by Gasteiger charge is -2.18. The van der Waals surface area contributed by atoms with Gasteiger partial charge in [0.05, 0.1) is 5.02 Å². The molecule has 0 spiro atoms. The predicted molar refractivity (Wildman–Crippen MR) is 90.0 cm³/mol. The Bertz CT molecular complexity index is 716. The molecule has 0 unspecified atom stereocenters. The van der Waals surface area contributed by atoms with E-state index in [4.69, 9.17) is 23.2 Å². The predicted octanol–water partition coefficient (Wildman–Crippen LogP) is 5.77. The molecule has 0 fully saturated rings. The zero-order chi connectivity index (χ0) is 15.9. The van der Waals surface area contributed by atoms with Crippen molar-refractivity contribution in [3.8, 4) is 0 Å². The first kappa shape index (κ1) is 16.1. The van der Waals surface area contributed by atoms with E-state index >= 15 is 0 Å². The summed E-state index contributed by atoms with van der Waals surface area (Å²) in [6, 6.07) is 4.98. The molecule has 21 heavy (non-hydrogen) atoms. The highest BCUT2D eigenvalue weighted by Crippen LogP contribution is 2.30. The van der Waals surface area contributed by atoms with E-state index in [0.29, 0.717) is 15.6 Å². The van der Waals surface area contributed by atoms with Crippen molar-refractivity contribution in [1.29, 1.82) is 0 Å². The van der Waals surface area contributed by atoms with E-state index in [-0.39, 0.29) is 5.78 Å². The van der Waals surface area contributed by atoms with Gasteiger partial charge in [0.2, 0.25) is 0 Å². The maximum absolute atomic E-state index is 12.9. The first-order valence-corrected chi connectivity index (χ1v) is 7.58. The summed E-state index contributed by atoms with van der Waals surface area (Å²) < 4.78 is 0. The molecule has 0 amide bonds. The third kappa shape index (κ3) is 2.73. The van der Waals surface area contributed by atoms with Crippen LogP contribution in [0.4, 0.5) is 0 Å². The standard InChI is InChI=1S/C18H18Cl2O/c1-9-10(2)12(4)17(13(5)11(9)3)18(21)15-8-14(19)6-7-16(15)20/h6-8H,1-5H3. The highest BCUT2D eigenvalue weighted by molar-refractivity contribution is 6.37. The molecule has 1 nitrogen and oxygen atoms in total. The van der Waals surface area contributed by atoms with Gasteiger partial charge in [0.1, 0.15) is 0 Å². The lowest BCUT2D eigenvalue weighted by molar-refractivity contribution is 0.103. The Morgan fingerprint density at radius 1 is 0.810 bits per heavy atom. The average Bonchev–Trinajstić information content (AvgIpc) is 2.45. The van der Waals surface area contributed by atoms with Crippen LogP contribution in [0.2, 0.25) is 10.0 Å². The third-order valence-corrected chi connectivity index (χ3v) is 4.96. The Morgan fingerprint density at radius 2 is 1.29 bits per heavy atom. The van der Waals surface area contributed by atoms with Crippen molar-refractivity contribution < 1.29 is 4.79 Å². The summed E-state index contributed by atoms with van der Waals surface area (Å²) in [5.74, 6) is -0.0660. The number of benzene rings is 2. The van der Waals surface area contributed by atoms with Crippen LogP contribution in [0, 0.1) is 34.6 Å². The molecule has 110 valence electrons. The van der Waals surface area contributed by atoms with Gasteiger partial charge in [0.25, 0.3) is 0 Å². The van der Waals surface area contributed by atoms with Crippen LogP contribution in [-0.4, -0.2) is 5.78 Å². The Labute approximate surface area is 135 Å². The van der Waals surface area contributed by atoms with E-state index in [1.165, 1.54) is 5.56 Å². The van der Waals surface area contributed by atoms with Crippen LogP contribution in [0.15, 0.2) is 18.2 Å². The van der Waals surface area contributed by atoms with Crippen LogP contribution in [-0.2, 0) is 0 Å². The molecule has 0 aliphatic carbocycles. The quantitative estimate of drug-likeness (QED) is 0.642. The smallest absolute Gasteiger partial charge is 0.195 e. The normalized spacial score (nSPS) is 10.8. The third-order valence-electron chi connectivity index (χ3n) is 4.40. The lowest BCUT2D eigenvalue weighted by atomic mass is 9.86. The molecule has 0 aliphatic heterocycles. The van der Waals surface area contributed by atoms with E-state index in [1.54, 1.807) is 18.2 Å². The van der Waals surface area contributed by atoms with Crippen LogP contribution in [0.3, 0.4) is 0 Å². The van der Waals surface area contributed by atoms with Crippen LogP contribution in [0.1, 0.15) is 43.7 Å². The molecular weight excluding hydrogens is 303 g/mol. The molecule has 0 saturated heterocycles. The van der Waals surface area contributed by atoms with Gasteiger partial charge in [0.15, 0.2) is 5.78 Å². The van der Waals surface area contributed by atoms with Gasteiger partial charge in [-0.25, -0.2) is 0 Å². The SMILES string of the molecule is Cc1c(C)c(C)c(C(=O)c2cc(Cl)ccc2Cl)c(C)c1C. The number of hydrogen-bond donors (Lipinski definition) is 0. The van der Waals surface area contributed by atoms with Crippen molar-refractivity contribution in [2.45, 2.75) is 34.6 Å². The van der Waals surface area contributed by atoms with Crippen LogP contribution in [0.25, 0.3) is 0 Å². The minimum absolute atomic E-state index is 0.0660. The molecule has 3 heteroatoms. The summed E-state index contributed by atoms with van der Waals surface area (Å²) in [5.41, 5.74) is 6.75. The average molecular weight is 321 g/mol. The highest BCUT2D eigenvalue weighted by Gasteiger charge is 2.21. The molecule has 0 atom stereocenters. The van der Waals surface area contributed by atoms with Crippen molar-refractivity contribution in [3.63, 3.8) is 0 Å². The Morgan fingerprint density at radius 3 is 1.81 bits per heavy atom. The number of carbonyl (C=O) groups excluding carboxylic acids is 1. The van der Waals surface area contributed by atoms with Gasteiger partial charge < -0.3 is 0 Å². The number of ketones is 1. The summed E-state index contributed by atoms with van der Waals surface area (Å²) in [6.07, 6.45) is 0. The van der Waals surface area contributed by atoms with Crippen LogP contribution < -0.4 is 0 Å². The first-order chi connectivity index (χ1) is 9.75. The second kappa shape index (κ2) is 5.82. The van der Waals surface area contributed by atoms with E-state index in [1.807, 2.05) is 27.7 Å². The second-order valence-corrected chi connectivity index (χ2v) is 6.30. The van der Waals surface area contributed by atoms with Gasteiger partial charge in [-0.3, -0.25) is 4.79 Å². The van der Waals surface area contributed by atoms with Gasteiger partial charge in [0, 0.05) is 16.1 Å². The molecule has 2 aromatic rings.